The summed E-state index contributed by atoms with van der Waals surface area (Å²) >= 11 is 0. The van der Waals surface area contributed by atoms with Crippen LogP contribution in [-0.4, -0.2) is 18.9 Å². The van der Waals surface area contributed by atoms with Crippen molar-refractivity contribution in [3.05, 3.63) is 11.6 Å². The van der Waals surface area contributed by atoms with Crippen LogP contribution in [0.4, 0.5) is 4.79 Å². The molecule has 0 N–H and O–H groups in total. The summed E-state index contributed by atoms with van der Waals surface area (Å²) in [5, 5.41) is 0. The van der Waals surface area contributed by atoms with Gasteiger partial charge in [0, 0.05) is 6.42 Å². The summed E-state index contributed by atoms with van der Waals surface area (Å²) in [6.07, 6.45) is 35.2. The van der Waals surface area contributed by atoms with Crippen LogP contribution in [0.25, 0.3) is 0 Å². The lowest BCUT2D eigenvalue weighted by atomic mass is 9.47. The molecule has 0 unspecified atom stereocenters. The van der Waals surface area contributed by atoms with Gasteiger partial charge in [0.25, 0.3) is 0 Å². The van der Waals surface area contributed by atoms with Gasteiger partial charge in [-0.15, -0.1) is 0 Å². The van der Waals surface area contributed by atoms with Gasteiger partial charge in [-0.3, -0.25) is 0 Å². The van der Waals surface area contributed by atoms with E-state index >= 15 is 0 Å². The number of ether oxygens (including phenoxy) is 2. The zero-order valence-corrected chi connectivity index (χ0v) is 33.8. The Kier molecular flexibility index (Phi) is 16.9. The van der Waals surface area contributed by atoms with Gasteiger partial charge in [0.05, 0.1) is 6.61 Å². The number of fused-ring (bicyclic) bond motifs is 5. The molecule has 3 heteroatoms. The molecule has 4 aliphatic carbocycles. The summed E-state index contributed by atoms with van der Waals surface area (Å²) in [6, 6.07) is 0. The van der Waals surface area contributed by atoms with Crippen LogP contribution in [0.3, 0.4) is 0 Å². The van der Waals surface area contributed by atoms with Gasteiger partial charge < -0.3 is 9.47 Å². The third-order valence-corrected chi connectivity index (χ3v) is 14.7. The Morgan fingerprint density at radius 3 is 1.92 bits per heavy atom. The lowest BCUT2D eigenvalue weighted by molar-refractivity contribution is -0.0617. The monoisotopic (exact) mass is 683 g/mol. The molecule has 0 aliphatic heterocycles. The van der Waals surface area contributed by atoms with Crippen LogP contribution in [0.1, 0.15) is 209 Å². The summed E-state index contributed by atoms with van der Waals surface area (Å²) < 4.78 is 11.5. The van der Waals surface area contributed by atoms with Crippen LogP contribution in [0.15, 0.2) is 11.6 Å². The first-order chi connectivity index (χ1) is 23.5. The van der Waals surface area contributed by atoms with E-state index in [1.54, 1.807) is 5.57 Å². The summed E-state index contributed by atoms with van der Waals surface area (Å²) in [5.74, 6) is 6.03. The van der Waals surface area contributed by atoms with Gasteiger partial charge >= 0.3 is 6.16 Å². The standard InChI is InChI=1S/C46H82O3/c1-35(2)22-19-17-15-13-11-9-8-10-12-14-16-18-20-33-48-44(47)49-39-29-31-45(6)38(34-39)25-26-40-42-28-27-41(37(5)24-21-23-36(3)4)46(42,7)32-30-43(40)45/h25,35-37,39-43H,8-24,26-34H2,1-7H3/t37-,39-,40+,41-,42-,43-,45+,46-/m1/s1. The molecule has 284 valence electrons. The zero-order chi connectivity index (χ0) is 35.3. The van der Waals surface area contributed by atoms with Gasteiger partial charge in [0.2, 0.25) is 0 Å². The van der Waals surface area contributed by atoms with Crippen molar-refractivity contribution in [2.75, 3.05) is 6.61 Å². The minimum absolute atomic E-state index is 0.00958. The molecule has 0 saturated heterocycles. The van der Waals surface area contributed by atoms with Gasteiger partial charge in [-0.25, -0.2) is 4.79 Å². The maximum Gasteiger partial charge on any atom is 0.508 e. The van der Waals surface area contributed by atoms with Crippen molar-refractivity contribution in [1.29, 1.82) is 0 Å². The van der Waals surface area contributed by atoms with E-state index in [9.17, 15) is 4.79 Å². The van der Waals surface area contributed by atoms with Gasteiger partial charge in [-0.2, -0.15) is 0 Å². The van der Waals surface area contributed by atoms with E-state index < -0.39 is 6.16 Å². The quantitative estimate of drug-likeness (QED) is 0.0648. The molecule has 0 heterocycles. The number of carbonyl (C=O) groups excluding carboxylic acids is 1. The molecule has 3 nitrogen and oxygen atoms in total. The first-order valence-corrected chi connectivity index (χ1v) is 22.1. The van der Waals surface area contributed by atoms with E-state index in [0.717, 1.165) is 73.5 Å². The molecule has 4 rings (SSSR count). The molecule has 3 saturated carbocycles. The maximum absolute atomic E-state index is 12.6. The number of hydrogen-bond acceptors (Lipinski definition) is 3. The fraction of sp³-hybridized carbons (Fsp3) is 0.935. The van der Waals surface area contributed by atoms with E-state index in [1.165, 1.54) is 128 Å². The Morgan fingerprint density at radius 2 is 1.29 bits per heavy atom. The molecule has 4 aliphatic rings. The fourth-order valence-corrected chi connectivity index (χ4v) is 11.7. The maximum atomic E-state index is 12.6. The van der Waals surface area contributed by atoms with E-state index in [2.05, 4.69) is 54.5 Å². The normalized spacial score (nSPS) is 31.6. The largest absolute Gasteiger partial charge is 0.508 e. The molecule has 0 aromatic rings. The fourth-order valence-electron chi connectivity index (χ4n) is 11.7. The predicted molar refractivity (Wildman–Crippen MR) is 209 cm³/mol. The average molecular weight is 683 g/mol. The van der Waals surface area contributed by atoms with Crippen LogP contribution in [0.2, 0.25) is 0 Å². The molecule has 0 amide bonds. The SMILES string of the molecule is CC(C)CCCCCCCCCCCCCCCOC(=O)O[C@@H]1CC[C@@]2(C)C(=CC[C@H]3[C@H]4CC[C@H]([C@H](C)CCCC(C)C)[C@@]4(C)CC[C@H]32)C1. The van der Waals surface area contributed by atoms with Crippen molar-refractivity contribution in [3.63, 3.8) is 0 Å². The molecule has 0 spiro atoms. The van der Waals surface area contributed by atoms with Crippen molar-refractivity contribution in [3.8, 4) is 0 Å². The minimum atomic E-state index is -0.434. The lowest BCUT2D eigenvalue weighted by Gasteiger charge is -2.58. The number of allylic oxidation sites excluding steroid dienone is 1. The smallest absolute Gasteiger partial charge is 0.434 e. The molecule has 3 fully saturated rings. The van der Waals surface area contributed by atoms with E-state index in [4.69, 9.17) is 9.47 Å². The molecule has 0 aromatic carbocycles. The molecule has 49 heavy (non-hydrogen) atoms. The number of carbonyl (C=O) groups is 1. The van der Waals surface area contributed by atoms with Crippen LogP contribution >= 0.6 is 0 Å². The average Bonchev–Trinajstić information content (AvgIpc) is 3.41. The third kappa shape index (κ3) is 11.8. The molecular weight excluding hydrogens is 601 g/mol. The van der Waals surface area contributed by atoms with Crippen LogP contribution < -0.4 is 0 Å². The Labute approximate surface area is 305 Å². The van der Waals surface area contributed by atoms with Crippen molar-refractivity contribution in [2.24, 2.45) is 52.3 Å². The molecule has 0 aromatic heterocycles. The topological polar surface area (TPSA) is 35.5 Å². The second kappa shape index (κ2) is 20.3. The van der Waals surface area contributed by atoms with Crippen LogP contribution in [0.5, 0.6) is 0 Å². The Hall–Kier alpha value is -0.990. The highest BCUT2D eigenvalue weighted by Crippen LogP contribution is 2.67. The first-order valence-electron chi connectivity index (χ1n) is 22.1. The van der Waals surface area contributed by atoms with Gasteiger partial charge in [0.15, 0.2) is 0 Å². The van der Waals surface area contributed by atoms with Gasteiger partial charge in [-0.1, -0.05) is 163 Å². The first kappa shape index (κ1) is 40.8. The summed E-state index contributed by atoms with van der Waals surface area (Å²) in [6.45, 7) is 17.8. The van der Waals surface area contributed by atoms with Crippen LogP contribution in [0, 0.1) is 52.3 Å². The Balaban J connectivity index is 1.07. The van der Waals surface area contributed by atoms with Crippen LogP contribution in [-0.2, 0) is 9.47 Å². The van der Waals surface area contributed by atoms with Crippen molar-refractivity contribution >= 4 is 6.16 Å². The third-order valence-electron chi connectivity index (χ3n) is 14.7. The van der Waals surface area contributed by atoms with Gasteiger partial charge in [-0.05, 0) is 104 Å². The number of rotatable bonds is 22. The highest BCUT2D eigenvalue weighted by Gasteiger charge is 2.59. The summed E-state index contributed by atoms with van der Waals surface area (Å²) in [5.41, 5.74) is 2.42. The second-order valence-electron chi connectivity index (χ2n) is 19.1. The number of unbranched alkanes of at least 4 members (excludes halogenated alkanes) is 12. The van der Waals surface area contributed by atoms with E-state index in [-0.39, 0.29) is 6.10 Å². The Morgan fingerprint density at radius 1 is 0.694 bits per heavy atom. The lowest BCUT2D eigenvalue weighted by Crippen LogP contribution is -2.51. The van der Waals surface area contributed by atoms with Crippen molar-refractivity contribution in [2.45, 2.75) is 215 Å². The Bertz CT molecular complexity index is 983. The summed E-state index contributed by atoms with van der Waals surface area (Å²) in [4.78, 5) is 12.6. The number of hydrogen-bond donors (Lipinski definition) is 0. The highest BCUT2D eigenvalue weighted by atomic mass is 16.7. The molecule has 0 bridgehead atoms. The molecule has 8 atom stereocenters. The second-order valence-corrected chi connectivity index (χ2v) is 19.1. The van der Waals surface area contributed by atoms with Crippen molar-refractivity contribution < 1.29 is 14.3 Å². The van der Waals surface area contributed by atoms with E-state index in [1.807, 2.05) is 0 Å². The summed E-state index contributed by atoms with van der Waals surface area (Å²) in [7, 11) is 0. The zero-order valence-electron chi connectivity index (χ0n) is 33.8. The van der Waals surface area contributed by atoms with Crippen molar-refractivity contribution in [1.82, 2.24) is 0 Å². The minimum Gasteiger partial charge on any atom is -0.434 e. The molecule has 0 radical (unpaired) electrons. The van der Waals surface area contributed by atoms with Gasteiger partial charge in [0.1, 0.15) is 6.10 Å². The molecular formula is C46H82O3. The highest BCUT2D eigenvalue weighted by molar-refractivity contribution is 5.60. The van der Waals surface area contributed by atoms with E-state index in [0.29, 0.717) is 17.4 Å². The predicted octanol–water partition coefficient (Wildman–Crippen LogP) is 14.7.